The third kappa shape index (κ3) is 2.76. The van der Waals surface area contributed by atoms with Gasteiger partial charge in [-0.05, 0) is 6.07 Å². The number of carbonyl (C=O) groups excluding carboxylic acids is 1. The number of nitrogens with zero attached hydrogens (tertiary/aromatic N) is 5. The van der Waals surface area contributed by atoms with Crippen molar-refractivity contribution in [3.8, 4) is 0 Å². The summed E-state index contributed by atoms with van der Waals surface area (Å²) >= 11 is 0. The van der Waals surface area contributed by atoms with Crippen LogP contribution in [0.15, 0.2) is 18.5 Å². The molecule has 0 atom stereocenters. The molecule has 0 saturated carbocycles. The van der Waals surface area contributed by atoms with E-state index in [1.165, 1.54) is 0 Å². The van der Waals surface area contributed by atoms with Crippen molar-refractivity contribution in [1.82, 2.24) is 24.8 Å². The Bertz CT molecular complexity index is 514. The highest BCUT2D eigenvalue weighted by Gasteiger charge is 2.12. The lowest BCUT2D eigenvalue weighted by molar-refractivity contribution is 0.0987. The number of Topliss-reactive ketones (excluding diaryl/α,β-unsaturated/α-hetero) is 1. The first-order valence-electron chi connectivity index (χ1n) is 5.31. The van der Waals surface area contributed by atoms with E-state index in [4.69, 9.17) is 5.73 Å². The molecule has 0 radical (unpaired) electrons. The molecular weight excluding hydrogens is 220 g/mol. The number of hydrogen-bond acceptors (Lipinski definition) is 5. The van der Waals surface area contributed by atoms with Crippen molar-refractivity contribution in [1.29, 1.82) is 0 Å². The molecule has 0 spiro atoms. The van der Waals surface area contributed by atoms with Crippen LogP contribution in [0.25, 0.3) is 0 Å². The fourth-order valence-corrected chi connectivity index (χ4v) is 1.48. The average Bonchev–Trinajstić information content (AvgIpc) is 2.88. The van der Waals surface area contributed by atoms with Crippen molar-refractivity contribution in [2.75, 3.05) is 6.54 Å². The summed E-state index contributed by atoms with van der Waals surface area (Å²) in [7, 11) is 1.81. The van der Waals surface area contributed by atoms with Crippen LogP contribution in [0.2, 0.25) is 0 Å². The van der Waals surface area contributed by atoms with Crippen molar-refractivity contribution < 1.29 is 4.79 Å². The van der Waals surface area contributed by atoms with Crippen molar-refractivity contribution in [3.63, 3.8) is 0 Å². The Hall–Kier alpha value is -2.02. The van der Waals surface area contributed by atoms with Gasteiger partial charge in [-0.3, -0.25) is 14.2 Å². The molecule has 0 fully saturated rings. The standard InChI is InChI=1S/C10H14N6O/c1-15-4-2-8(13-15)6-10(17)9-7-16(5-3-11)14-12-9/h2,4,7H,3,5-6,11H2,1H3. The predicted octanol–water partition coefficient (Wildman–Crippen LogP) is -0.604. The number of ketones is 1. The molecule has 0 amide bonds. The molecule has 2 N–H and O–H groups in total. The quantitative estimate of drug-likeness (QED) is 0.697. The van der Waals surface area contributed by atoms with E-state index in [0.717, 1.165) is 5.69 Å². The number of hydrogen-bond donors (Lipinski definition) is 1. The van der Waals surface area contributed by atoms with Crippen LogP contribution in [-0.2, 0) is 20.0 Å². The van der Waals surface area contributed by atoms with Crippen molar-refractivity contribution in [2.24, 2.45) is 12.8 Å². The van der Waals surface area contributed by atoms with Crippen LogP contribution in [-0.4, -0.2) is 37.1 Å². The lowest BCUT2D eigenvalue weighted by Crippen LogP contribution is -2.10. The summed E-state index contributed by atoms with van der Waals surface area (Å²) < 4.78 is 3.22. The zero-order valence-corrected chi connectivity index (χ0v) is 9.58. The molecule has 0 unspecified atom stereocenters. The number of aryl methyl sites for hydroxylation is 1. The second-order valence-corrected chi connectivity index (χ2v) is 3.74. The van der Waals surface area contributed by atoms with E-state index in [1.54, 1.807) is 21.8 Å². The van der Waals surface area contributed by atoms with Gasteiger partial charge in [-0.1, -0.05) is 5.21 Å². The summed E-state index contributed by atoms with van der Waals surface area (Å²) in [5.41, 5.74) is 6.46. The largest absolute Gasteiger partial charge is 0.329 e. The maximum absolute atomic E-state index is 11.8. The van der Waals surface area contributed by atoms with Gasteiger partial charge >= 0.3 is 0 Å². The van der Waals surface area contributed by atoms with Crippen LogP contribution in [0.3, 0.4) is 0 Å². The molecule has 0 aliphatic carbocycles. The van der Waals surface area contributed by atoms with E-state index in [2.05, 4.69) is 15.4 Å². The Morgan fingerprint density at radius 3 is 3.00 bits per heavy atom. The number of nitrogens with two attached hydrogens (primary N) is 1. The first-order chi connectivity index (χ1) is 8.19. The predicted molar refractivity (Wildman–Crippen MR) is 60.3 cm³/mol. The molecule has 0 bridgehead atoms. The van der Waals surface area contributed by atoms with Gasteiger partial charge in [0.1, 0.15) is 5.69 Å². The van der Waals surface area contributed by atoms with Gasteiger partial charge in [0.2, 0.25) is 0 Å². The van der Waals surface area contributed by atoms with Crippen LogP contribution in [0.5, 0.6) is 0 Å². The third-order valence-electron chi connectivity index (χ3n) is 2.29. The summed E-state index contributed by atoms with van der Waals surface area (Å²) in [6.45, 7) is 1.03. The maximum Gasteiger partial charge on any atom is 0.190 e. The number of aromatic nitrogens is 5. The van der Waals surface area contributed by atoms with E-state index in [-0.39, 0.29) is 12.2 Å². The number of carbonyl (C=O) groups is 1. The average molecular weight is 234 g/mol. The van der Waals surface area contributed by atoms with E-state index in [0.29, 0.717) is 18.8 Å². The minimum Gasteiger partial charge on any atom is -0.329 e. The molecule has 7 nitrogen and oxygen atoms in total. The van der Waals surface area contributed by atoms with Gasteiger partial charge in [0.05, 0.1) is 24.9 Å². The summed E-state index contributed by atoms with van der Waals surface area (Å²) in [6, 6.07) is 1.81. The van der Waals surface area contributed by atoms with Gasteiger partial charge in [-0.25, -0.2) is 0 Å². The lowest BCUT2D eigenvalue weighted by atomic mass is 10.2. The zero-order valence-electron chi connectivity index (χ0n) is 9.58. The van der Waals surface area contributed by atoms with Crippen LogP contribution >= 0.6 is 0 Å². The second kappa shape index (κ2) is 4.88. The Morgan fingerprint density at radius 1 is 1.53 bits per heavy atom. The first-order valence-corrected chi connectivity index (χ1v) is 5.31. The summed E-state index contributed by atoms with van der Waals surface area (Å²) in [5, 5.41) is 11.8. The zero-order chi connectivity index (χ0) is 12.3. The summed E-state index contributed by atoms with van der Waals surface area (Å²) in [4.78, 5) is 11.8. The van der Waals surface area contributed by atoms with Crippen LogP contribution in [0.1, 0.15) is 16.2 Å². The Kier molecular flexibility index (Phi) is 3.29. The molecule has 0 aromatic carbocycles. The van der Waals surface area contributed by atoms with Gasteiger partial charge < -0.3 is 5.73 Å². The first kappa shape index (κ1) is 11.5. The van der Waals surface area contributed by atoms with Crippen molar-refractivity contribution in [2.45, 2.75) is 13.0 Å². The van der Waals surface area contributed by atoms with Gasteiger partial charge in [0, 0.05) is 19.8 Å². The normalized spacial score (nSPS) is 10.7. The second-order valence-electron chi connectivity index (χ2n) is 3.74. The van der Waals surface area contributed by atoms with Gasteiger partial charge in [0.25, 0.3) is 0 Å². The molecule has 0 aliphatic rings. The molecule has 0 saturated heterocycles. The third-order valence-corrected chi connectivity index (χ3v) is 2.29. The highest BCUT2D eigenvalue weighted by molar-refractivity contribution is 5.95. The molecule has 90 valence electrons. The topological polar surface area (TPSA) is 91.6 Å². The van der Waals surface area contributed by atoms with Crippen molar-refractivity contribution >= 4 is 5.78 Å². The molecule has 2 heterocycles. The molecule has 0 aliphatic heterocycles. The Labute approximate surface area is 98.2 Å². The fourth-order valence-electron chi connectivity index (χ4n) is 1.48. The molecule has 17 heavy (non-hydrogen) atoms. The van der Waals surface area contributed by atoms with E-state index in [9.17, 15) is 4.79 Å². The van der Waals surface area contributed by atoms with Crippen molar-refractivity contribution in [3.05, 3.63) is 29.8 Å². The Balaban J connectivity index is 2.03. The van der Waals surface area contributed by atoms with E-state index in [1.807, 2.05) is 13.1 Å². The molecule has 7 heteroatoms. The smallest absolute Gasteiger partial charge is 0.190 e. The highest BCUT2D eigenvalue weighted by Crippen LogP contribution is 2.02. The lowest BCUT2D eigenvalue weighted by Gasteiger charge is -1.94. The molecular formula is C10H14N6O. The monoisotopic (exact) mass is 234 g/mol. The van der Waals surface area contributed by atoms with Crippen LogP contribution in [0.4, 0.5) is 0 Å². The summed E-state index contributed by atoms with van der Waals surface area (Å²) in [5.74, 6) is -0.0908. The van der Waals surface area contributed by atoms with Gasteiger partial charge in [0.15, 0.2) is 5.78 Å². The fraction of sp³-hybridized carbons (Fsp3) is 0.400. The van der Waals surface area contributed by atoms with E-state index >= 15 is 0 Å². The minimum atomic E-state index is -0.0908. The molecule has 2 aromatic heterocycles. The van der Waals surface area contributed by atoms with Crippen LogP contribution in [0, 0.1) is 0 Å². The maximum atomic E-state index is 11.8. The van der Waals surface area contributed by atoms with Crippen LogP contribution < -0.4 is 5.73 Å². The number of rotatable bonds is 5. The molecule has 2 rings (SSSR count). The van der Waals surface area contributed by atoms with E-state index < -0.39 is 0 Å². The SMILES string of the molecule is Cn1ccc(CC(=O)c2cn(CCN)nn2)n1. The van der Waals surface area contributed by atoms with Gasteiger partial charge in [-0.15, -0.1) is 5.10 Å². The highest BCUT2D eigenvalue weighted by atomic mass is 16.1. The summed E-state index contributed by atoms with van der Waals surface area (Å²) in [6.07, 6.45) is 3.65. The van der Waals surface area contributed by atoms with Gasteiger partial charge in [-0.2, -0.15) is 5.10 Å². The molecule has 2 aromatic rings. The minimum absolute atomic E-state index is 0.0908. The Morgan fingerprint density at radius 2 is 2.35 bits per heavy atom.